The molecular weight excluding hydrogens is 350 g/mol. The van der Waals surface area contributed by atoms with Crippen LogP contribution < -0.4 is 20.9 Å². The van der Waals surface area contributed by atoms with Gasteiger partial charge >= 0.3 is 5.69 Å². The number of rotatable bonds is 4. The van der Waals surface area contributed by atoms with E-state index in [-0.39, 0.29) is 17.9 Å². The lowest BCUT2D eigenvalue weighted by Crippen LogP contribution is -2.37. The van der Waals surface area contributed by atoms with Crippen molar-refractivity contribution in [3.05, 3.63) is 45.1 Å². The molecule has 1 aromatic carbocycles. The number of benzene rings is 1. The standard InChI is InChI=1S/C18H19N5O4/c1-11(24)10-27-13-6-4-12(5-7-13)22-8-9-23-14-15(19-17(22)23)20(2)18(26)21(3)16(14)25/h4-7H,8-10H2,1-3H3. The molecule has 0 atom stereocenters. The highest BCUT2D eigenvalue weighted by molar-refractivity contribution is 5.78. The Kier molecular flexibility index (Phi) is 3.87. The number of imidazole rings is 1. The normalized spacial score (nSPS) is 13.2. The summed E-state index contributed by atoms with van der Waals surface area (Å²) in [6.07, 6.45) is 0. The van der Waals surface area contributed by atoms with Crippen molar-refractivity contribution in [1.29, 1.82) is 0 Å². The zero-order chi connectivity index (χ0) is 19.3. The lowest BCUT2D eigenvalue weighted by molar-refractivity contribution is -0.118. The second-order valence-corrected chi connectivity index (χ2v) is 6.58. The van der Waals surface area contributed by atoms with Gasteiger partial charge in [-0.05, 0) is 31.2 Å². The minimum atomic E-state index is -0.400. The van der Waals surface area contributed by atoms with Gasteiger partial charge in [-0.1, -0.05) is 0 Å². The number of ether oxygens (including phenoxy) is 1. The Hall–Kier alpha value is -3.36. The third-order valence-electron chi connectivity index (χ3n) is 4.71. The Morgan fingerprint density at radius 3 is 2.48 bits per heavy atom. The van der Waals surface area contributed by atoms with Crippen LogP contribution >= 0.6 is 0 Å². The van der Waals surface area contributed by atoms with Crippen molar-refractivity contribution in [2.24, 2.45) is 14.1 Å². The maximum atomic E-state index is 12.6. The van der Waals surface area contributed by atoms with Crippen LogP contribution in [0.3, 0.4) is 0 Å². The summed E-state index contributed by atoms with van der Waals surface area (Å²) in [6, 6.07) is 7.33. The molecule has 4 rings (SSSR count). The molecular formula is C18H19N5O4. The summed E-state index contributed by atoms with van der Waals surface area (Å²) in [5.74, 6) is 1.19. The van der Waals surface area contributed by atoms with Gasteiger partial charge in [0.2, 0.25) is 5.95 Å². The number of nitrogens with zero attached hydrogens (tertiary/aromatic N) is 5. The second kappa shape index (κ2) is 6.11. The predicted molar refractivity (Wildman–Crippen MR) is 99.8 cm³/mol. The molecule has 0 radical (unpaired) electrons. The number of hydrogen-bond donors (Lipinski definition) is 0. The van der Waals surface area contributed by atoms with Crippen LogP contribution in [0.4, 0.5) is 11.6 Å². The molecule has 0 N–H and O–H groups in total. The zero-order valence-electron chi connectivity index (χ0n) is 15.3. The summed E-state index contributed by atoms with van der Waals surface area (Å²) in [7, 11) is 3.08. The lowest BCUT2D eigenvalue weighted by Gasteiger charge is -2.16. The fourth-order valence-corrected chi connectivity index (χ4v) is 3.30. The molecule has 3 heterocycles. The predicted octanol–water partition coefficient (Wildman–Crippen LogP) is 0.553. The van der Waals surface area contributed by atoms with Gasteiger partial charge in [0.25, 0.3) is 5.56 Å². The molecule has 140 valence electrons. The van der Waals surface area contributed by atoms with E-state index < -0.39 is 5.69 Å². The van der Waals surface area contributed by atoms with Crippen molar-refractivity contribution in [1.82, 2.24) is 18.7 Å². The molecule has 1 aliphatic heterocycles. The van der Waals surface area contributed by atoms with Crippen molar-refractivity contribution in [3.63, 3.8) is 0 Å². The van der Waals surface area contributed by atoms with Crippen molar-refractivity contribution in [2.75, 3.05) is 18.1 Å². The average Bonchev–Trinajstić information content (AvgIpc) is 3.22. The number of Topliss-reactive ketones (excluding diaryl/α,β-unsaturated/α-hetero) is 1. The van der Waals surface area contributed by atoms with Crippen molar-refractivity contribution in [3.8, 4) is 5.75 Å². The molecule has 9 heteroatoms. The van der Waals surface area contributed by atoms with Crippen LogP contribution in [0.25, 0.3) is 11.2 Å². The molecule has 27 heavy (non-hydrogen) atoms. The molecule has 3 aromatic rings. The SMILES string of the molecule is CC(=O)COc1ccc(N2CCn3c2nc2c3c(=O)n(C)c(=O)n2C)cc1. The minimum Gasteiger partial charge on any atom is -0.486 e. The number of aryl methyl sites for hydroxylation is 1. The highest BCUT2D eigenvalue weighted by atomic mass is 16.5. The van der Waals surface area contributed by atoms with E-state index in [0.717, 1.165) is 10.3 Å². The number of anilines is 2. The van der Waals surface area contributed by atoms with E-state index in [1.807, 2.05) is 21.6 Å². The first kappa shape index (κ1) is 17.1. The van der Waals surface area contributed by atoms with E-state index in [1.165, 1.54) is 18.5 Å². The Labute approximate surface area is 154 Å². The van der Waals surface area contributed by atoms with Crippen LogP contribution in [0.2, 0.25) is 0 Å². The van der Waals surface area contributed by atoms with E-state index >= 15 is 0 Å². The maximum Gasteiger partial charge on any atom is 0.332 e. The highest BCUT2D eigenvalue weighted by Crippen LogP contribution is 2.32. The molecule has 0 saturated heterocycles. The third-order valence-corrected chi connectivity index (χ3v) is 4.71. The van der Waals surface area contributed by atoms with Gasteiger partial charge in [-0.2, -0.15) is 4.98 Å². The number of carbonyl (C=O) groups excluding carboxylic acids is 1. The van der Waals surface area contributed by atoms with Gasteiger partial charge < -0.3 is 14.2 Å². The number of fused-ring (bicyclic) bond motifs is 3. The highest BCUT2D eigenvalue weighted by Gasteiger charge is 2.28. The molecule has 1 aliphatic rings. The molecule has 0 saturated carbocycles. The molecule has 0 fully saturated rings. The molecule has 0 unspecified atom stereocenters. The third kappa shape index (κ3) is 2.62. The van der Waals surface area contributed by atoms with Gasteiger partial charge in [0.05, 0.1) is 0 Å². The van der Waals surface area contributed by atoms with E-state index in [0.29, 0.717) is 36.0 Å². The molecule has 0 spiro atoms. The Balaban J connectivity index is 1.75. The summed E-state index contributed by atoms with van der Waals surface area (Å²) in [5.41, 5.74) is 0.952. The second-order valence-electron chi connectivity index (χ2n) is 6.58. The van der Waals surface area contributed by atoms with Crippen molar-refractivity contribution >= 4 is 28.6 Å². The zero-order valence-corrected chi connectivity index (χ0v) is 15.3. The lowest BCUT2D eigenvalue weighted by atomic mass is 10.3. The van der Waals surface area contributed by atoms with E-state index in [1.54, 1.807) is 19.2 Å². The Morgan fingerprint density at radius 1 is 1.11 bits per heavy atom. The first-order chi connectivity index (χ1) is 12.9. The summed E-state index contributed by atoms with van der Waals surface area (Å²) in [6.45, 7) is 2.77. The van der Waals surface area contributed by atoms with Gasteiger partial charge in [-0.3, -0.25) is 18.7 Å². The van der Waals surface area contributed by atoms with Gasteiger partial charge in [0.1, 0.15) is 12.4 Å². The van der Waals surface area contributed by atoms with E-state index in [9.17, 15) is 14.4 Å². The smallest absolute Gasteiger partial charge is 0.332 e. The van der Waals surface area contributed by atoms with Crippen molar-refractivity contribution < 1.29 is 9.53 Å². The molecule has 0 bridgehead atoms. The summed E-state index contributed by atoms with van der Waals surface area (Å²) < 4.78 is 9.72. The molecule has 0 amide bonds. The Morgan fingerprint density at radius 2 is 1.81 bits per heavy atom. The van der Waals surface area contributed by atoms with Crippen LogP contribution in [0, 0.1) is 0 Å². The van der Waals surface area contributed by atoms with Gasteiger partial charge in [0.15, 0.2) is 16.9 Å². The fraction of sp³-hybridized carbons (Fsp3) is 0.333. The number of ketones is 1. The monoisotopic (exact) mass is 369 g/mol. The first-order valence-electron chi connectivity index (χ1n) is 8.54. The quantitative estimate of drug-likeness (QED) is 0.667. The van der Waals surface area contributed by atoms with Crippen LogP contribution in [-0.4, -0.2) is 37.6 Å². The van der Waals surface area contributed by atoms with E-state index in [2.05, 4.69) is 4.98 Å². The van der Waals surface area contributed by atoms with Crippen LogP contribution in [0.5, 0.6) is 5.75 Å². The first-order valence-corrected chi connectivity index (χ1v) is 8.54. The molecule has 2 aromatic heterocycles. The van der Waals surface area contributed by atoms with Gasteiger partial charge in [0, 0.05) is 32.9 Å². The maximum absolute atomic E-state index is 12.6. The number of aromatic nitrogens is 4. The molecule has 9 nitrogen and oxygen atoms in total. The molecule has 0 aliphatic carbocycles. The number of carbonyl (C=O) groups is 1. The average molecular weight is 369 g/mol. The summed E-state index contributed by atoms with van der Waals surface area (Å²) >= 11 is 0. The van der Waals surface area contributed by atoms with Crippen molar-refractivity contribution in [2.45, 2.75) is 13.5 Å². The summed E-state index contributed by atoms with van der Waals surface area (Å²) in [5, 5.41) is 0. The van der Waals surface area contributed by atoms with Crippen LogP contribution in [0.15, 0.2) is 33.9 Å². The van der Waals surface area contributed by atoms with Crippen LogP contribution in [-0.2, 0) is 25.4 Å². The minimum absolute atomic E-state index is 0.0379. The number of hydrogen-bond acceptors (Lipinski definition) is 6. The van der Waals surface area contributed by atoms with Gasteiger partial charge in [-0.15, -0.1) is 0 Å². The van der Waals surface area contributed by atoms with Crippen LogP contribution in [0.1, 0.15) is 6.92 Å². The summed E-state index contributed by atoms with van der Waals surface area (Å²) in [4.78, 5) is 42.3. The topological polar surface area (TPSA) is 91.4 Å². The largest absolute Gasteiger partial charge is 0.486 e. The van der Waals surface area contributed by atoms with E-state index in [4.69, 9.17) is 4.74 Å². The van der Waals surface area contributed by atoms with Gasteiger partial charge in [-0.25, -0.2) is 4.79 Å². The Bertz CT molecular complexity index is 1170. The fourth-order valence-electron chi connectivity index (χ4n) is 3.30.